The Morgan fingerprint density at radius 1 is 1.25 bits per heavy atom. The van der Waals surface area contributed by atoms with Crippen LogP contribution in [-0.2, 0) is 14.6 Å². The minimum absolute atomic E-state index is 0.0183. The molecule has 2 aliphatic rings. The van der Waals surface area contributed by atoms with Gasteiger partial charge in [0.15, 0.2) is 15.0 Å². The SMILES string of the molecule is Cc1ccc(-n2ccnc2SCC(=O)N(C2CC2)C2CCS(=O)(=O)C2)c(C)c1. The summed E-state index contributed by atoms with van der Waals surface area (Å²) in [7, 11) is -3.01. The van der Waals surface area contributed by atoms with Crippen LogP contribution in [0.15, 0.2) is 35.7 Å². The summed E-state index contributed by atoms with van der Waals surface area (Å²) in [5, 5.41) is 0.773. The van der Waals surface area contributed by atoms with Crippen molar-refractivity contribution >= 4 is 27.5 Å². The molecule has 0 spiro atoms. The van der Waals surface area contributed by atoms with E-state index in [9.17, 15) is 13.2 Å². The van der Waals surface area contributed by atoms with E-state index >= 15 is 0 Å². The Bertz CT molecular complexity index is 996. The molecule has 1 aromatic heterocycles. The van der Waals surface area contributed by atoms with Gasteiger partial charge in [-0.15, -0.1) is 0 Å². The molecule has 1 saturated heterocycles. The van der Waals surface area contributed by atoms with E-state index in [-0.39, 0.29) is 35.2 Å². The molecule has 1 unspecified atom stereocenters. The summed E-state index contributed by atoms with van der Waals surface area (Å²) in [6.07, 6.45) is 6.17. The third-order valence-electron chi connectivity index (χ3n) is 5.37. The Labute approximate surface area is 170 Å². The third-order valence-corrected chi connectivity index (χ3v) is 8.08. The maximum atomic E-state index is 13.0. The van der Waals surface area contributed by atoms with E-state index in [4.69, 9.17) is 0 Å². The zero-order chi connectivity index (χ0) is 19.9. The molecule has 8 heteroatoms. The Hall–Kier alpha value is -1.80. The number of amides is 1. The smallest absolute Gasteiger partial charge is 0.233 e. The average molecular weight is 420 g/mol. The molecule has 1 atom stereocenters. The molecule has 2 heterocycles. The third kappa shape index (κ3) is 4.12. The Kier molecular flexibility index (Phi) is 5.26. The summed E-state index contributed by atoms with van der Waals surface area (Å²) in [6.45, 7) is 4.13. The van der Waals surface area contributed by atoms with Crippen LogP contribution in [0.4, 0.5) is 0 Å². The zero-order valence-corrected chi connectivity index (χ0v) is 17.8. The van der Waals surface area contributed by atoms with E-state index in [1.165, 1.54) is 17.3 Å². The minimum atomic E-state index is -3.01. The average Bonchev–Trinajstić information content (AvgIpc) is 3.23. The van der Waals surface area contributed by atoms with Crippen molar-refractivity contribution in [2.75, 3.05) is 17.3 Å². The van der Waals surface area contributed by atoms with Gasteiger partial charge in [0.1, 0.15) is 0 Å². The van der Waals surface area contributed by atoms with E-state index in [0.717, 1.165) is 29.2 Å². The lowest BCUT2D eigenvalue weighted by molar-refractivity contribution is -0.130. The normalized spacial score (nSPS) is 21.0. The van der Waals surface area contributed by atoms with Crippen LogP contribution in [0.3, 0.4) is 0 Å². The number of benzene rings is 1. The number of aromatic nitrogens is 2. The molecule has 1 amide bonds. The summed E-state index contributed by atoms with van der Waals surface area (Å²) < 4.78 is 25.7. The lowest BCUT2D eigenvalue weighted by Gasteiger charge is -2.28. The number of hydrogen-bond acceptors (Lipinski definition) is 5. The van der Waals surface area contributed by atoms with Gasteiger partial charge in [-0.3, -0.25) is 9.36 Å². The number of carbonyl (C=O) groups excluding carboxylic acids is 1. The first-order chi connectivity index (χ1) is 13.3. The van der Waals surface area contributed by atoms with Crippen LogP contribution in [0.2, 0.25) is 0 Å². The molecular weight excluding hydrogens is 394 g/mol. The predicted octanol–water partition coefficient (Wildman–Crippen LogP) is 2.76. The quantitative estimate of drug-likeness (QED) is 0.673. The van der Waals surface area contributed by atoms with Crippen LogP contribution in [0.5, 0.6) is 0 Å². The molecule has 6 nitrogen and oxygen atoms in total. The first kappa shape index (κ1) is 19.5. The van der Waals surface area contributed by atoms with Crippen molar-refractivity contribution in [3.63, 3.8) is 0 Å². The van der Waals surface area contributed by atoms with Gasteiger partial charge in [0.25, 0.3) is 0 Å². The summed E-state index contributed by atoms with van der Waals surface area (Å²) in [5.41, 5.74) is 3.42. The fraction of sp³-hybridized carbons (Fsp3) is 0.500. The van der Waals surface area contributed by atoms with Crippen molar-refractivity contribution in [1.82, 2.24) is 14.5 Å². The number of aryl methyl sites for hydroxylation is 2. The van der Waals surface area contributed by atoms with Crippen LogP contribution in [0, 0.1) is 13.8 Å². The van der Waals surface area contributed by atoms with E-state index in [2.05, 4.69) is 37.0 Å². The zero-order valence-electron chi connectivity index (χ0n) is 16.2. The maximum absolute atomic E-state index is 13.0. The van der Waals surface area contributed by atoms with Gasteiger partial charge in [-0.1, -0.05) is 29.5 Å². The topological polar surface area (TPSA) is 72.3 Å². The van der Waals surface area contributed by atoms with E-state index in [0.29, 0.717) is 6.42 Å². The highest BCUT2D eigenvalue weighted by Crippen LogP contribution is 2.33. The van der Waals surface area contributed by atoms with Gasteiger partial charge in [0.2, 0.25) is 5.91 Å². The monoisotopic (exact) mass is 419 g/mol. The van der Waals surface area contributed by atoms with Gasteiger partial charge < -0.3 is 4.90 Å². The Balaban J connectivity index is 1.47. The van der Waals surface area contributed by atoms with Gasteiger partial charge in [0.05, 0.1) is 22.9 Å². The molecule has 1 aromatic carbocycles. The summed E-state index contributed by atoms with van der Waals surface area (Å²) in [4.78, 5) is 19.2. The predicted molar refractivity (Wildman–Crippen MR) is 111 cm³/mol. The number of carbonyl (C=O) groups is 1. The fourth-order valence-electron chi connectivity index (χ4n) is 3.91. The number of imidazole rings is 1. The van der Waals surface area contributed by atoms with Gasteiger partial charge in [0, 0.05) is 24.5 Å². The van der Waals surface area contributed by atoms with Crippen molar-refractivity contribution < 1.29 is 13.2 Å². The van der Waals surface area contributed by atoms with Crippen molar-refractivity contribution in [2.45, 2.75) is 50.4 Å². The Morgan fingerprint density at radius 3 is 2.68 bits per heavy atom. The maximum Gasteiger partial charge on any atom is 0.233 e. The largest absolute Gasteiger partial charge is 0.335 e. The number of thioether (sulfide) groups is 1. The van der Waals surface area contributed by atoms with Crippen molar-refractivity contribution in [3.05, 3.63) is 41.7 Å². The van der Waals surface area contributed by atoms with Crippen molar-refractivity contribution in [1.29, 1.82) is 0 Å². The number of rotatable bonds is 6. The molecule has 1 aliphatic carbocycles. The van der Waals surface area contributed by atoms with Crippen LogP contribution < -0.4 is 0 Å². The minimum Gasteiger partial charge on any atom is -0.335 e. The number of sulfone groups is 1. The summed E-state index contributed by atoms with van der Waals surface area (Å²) >= 11 is 1.41. The second kappa shape index (κ2) is 7.55. The van der Waals surface area contributed by atoms with Crippen LogP contribution in [0.25, 0.3) is 5.69 Å². The first-order valence-electron chi connectivity index (χ1n) is 9.59. The standard InChI is InChI=1S/C20H25N3O3S2/c1-14-3-6-18(15(2)11-14)22-9-8-21-20(22)27-12-19(24)23(16-4-5-16)17-7-10-28(25,26)13-17/h3,6,8-9,11,16-17H,4-5,7,10,12-13H2,1-2H3. The molecule has 0 bridgehead atoms. The van der Waals surface area contributed by atoms with Crippen LogP contribution in [-0.4, -0.2) is 58.1 Å². The molecule has 4 rings (SSSR count). The van der Waals surface area contributed by atoms with Gasteiger partial charge >= 0.3 is 0 Å². The molecule has 0 N–H and O–H groups in total. The number of hydrogen-bond donors (Lipinski definition) is 0. The summed E-state index contributed by atoms with van der Waals surface area (Å²) in [6, 6.07) is 6.31. The lowest BCUT2D eigenvalue weighted by atomic mass is 10.1. The molecule has 28 heavy (non-hydrogen) atoms. The van der Waals surface area contributed by atoms with Crippen molar-refractivity contribution in [2.24, 2.45) is 0 Å². The van der Waals surface area contributed by atoms with E-state index in [1.54, 1.807) is 6.20 Å². The Morgan fingerprint density at radius 2 is 2.04 bits per heavy atom. The second-order valence-corrected chi connectivity index (χ2v) is 10.9. The van der Waals surface area contributed by atoms with Gasteiger partial charge in [-0.05, 0) is 44.7 Å². The highest BCUT2D eigenvalue weighted by Gasteiger charge is 2.41. The van der Waals surface area contributed by atoms with E-state index < -0.39 is 9.84 Å². The highest BCUT2D eigenvalue weighted by atomic mass is 32.2. The molecule has 2 fully saturated rings. The van der Waals surface area contributed by atoms with Crippen LogP contribution in [0.1, 0.15) is 30.4 Å². The van der Waals surface area contributed by atoms with E-state index in [1.807, 2.05) is 15.7 Å². The fourth-order valence-corrected chi connectivity index (χ4v) is 6.46. The highest BCUT2D eigenvalue weighted by molar-refractivity contribution is 7.99. The molecule has 2 aromatic rings. The number of nitrogens with zero attached hydrogens (tertiary/aromatic N) is 3. The van der Waals surface area contributed by atoms with Crippen molar-refractivity contribution in [3.8, 4) is 5.69 Å². The second-order valence-electron chi connectivity index (χ2n) is 7.75. The van der Waals surface area contributed by atoms with Gasteiger partial charge in [-0.25, -0.2) is 13.4 Å². The molecular formula is C20H25N3O3S2. The molecule has 0 radical (unpaired) electrons. The molecule has 150 valence electrons. The first-order valence-corrected chi connectivity index (χ1v) is 12.4. The molecule has 1 saturated carbocycles. The lowest BCUT2D eigenvalue weighted by Crippen LogP contribution is -2.43. The summed E-state index contributed by atoms with van der Waals surface area (Å²) in [5.74, 6) is 0.592. The van der Waals surface area contributed by atoms with Gasteiger partial charge in [-0.2, -0.15) is 0 Å². The molecule has 1 aliphatic heterocycles. The van der Waals surface area contributed by atoms with Crippen LogP contribution >= 0.6 is 11.8 Å².